The summed E-state index contributed by atoms with van der Waals surface area (Å²) in [5.74, 6) is -15.7. The summed E-state index contributed by atoms with van der Waals surface area (Å²) in [6.07, 6.45) is -5.88. The van der Waals surface area contributed by atoms with E-state index in [0.717, 1.165) is 11.8 Å². The molecule has 1 fully saturated rings. The number of hydrogen-bond acceptors (Lipinski definition) is 17. The Morgan fingerprint density at radius 2 is 1.11 bits per heavy atom. The Labute approximate surface area is 435 Å². The molecule has 0 bridgehead atoms. The Morgan fingerprint density at radius 1 is 0.618 bits per heavy atom. The van der Waals surface area contributed by atoms with Crippen molar-refractivity contribution in [2.75, 3.05) is 13.2 Å². The number of carbonyl (C=O) groups is 13. The third-order valence-corrected chi connectivity index (χ3v) is 11.7. The minimum Gasteiger partial charge on any atom is -0.508 e. The fourth-order valence-corrected chi connectivity index (χ4v) is 7.65. The van der Waals surface area contributed by atoms with Gasteiger partial charge in [0.25, 0.3) is 0 Å². The molecule has 422 valence electrons. The first-order valence-corrected chi connectivity index (χ1v) is 24.0. The van der Waals surface area contributed by atoms with E-state index >= 15 is 0 Å². The molecule has 0 aromatic heterocycles. The third kappa shape index (κ3) is 21.8. The van der Waals surface area contributed by atoms with Crippen LogP contribution in [-0.4, -0.2) is 186 Å². The largest absolute Gasteiger partial charge is 0.508 e. The van der Waals surface area contributed by atoms with E-state index in [1.165, 1.54) is 24.3 Å². The molecule has 76 heavy (non-hydrogen) atoms. The van der Waals surface area contributed by atoms with Crippen LogP contribution >= 0.6 is 0 Å². The van der Waals surface area contributed by atoms with Gasteiger partial charge in [0.2, 0.25) is 59.1 Å². The average molecular weight is 1080 g/mol. The Balaban J connectivity index is 2.45. The Bertz CT molecular complexity index is 2280. The highest BCUT2D eigenvalue weighted by Crippen LogP contribution is 2.21. The van der Waals surface area contributed by atoms with Crippen molar-refractivity contribution in [1.29, 1.82) is 0 Å². The smallest absolute Gasteiger partial charge is 0.328 e. The number of rotatable bonds is 33. The predicted molar refractivity (Wildman–Crippen MR) is 260 cm³/mol. The predicted octanol–water partition coefficient (Wildman–Crippen LogP) is -5.98. The van der Waals surface area contributed by atoms with Crippen molar-refractivity contribution in [3.8, 4) is 5.75 Å². The van der Waals surface area contributed by atoms with Crippen LogP contribution in [0.1, 0.15) is 90.5 Å². The van der Waals surface area contributed by atoms with Crippen molar-refractivity contribution < 1.29 is 93.0 Å². The maximum atomic E-state index is 14.2. The minimum absolute atomic E-state index is 0.0141. The molecule has 0 aliphatic carbocycles. The number of aliphatic carboxylic acids is 3. The number of nitrogens with two attached hydrogens (primary N) is 3. The molecule has 10 amide bonds. The molecule has 1 aromatic rings. The van der Waals surface area contributed by atoms with Crippen molar-refractivity contribution >= 4 is 77.0 Å². The number of carbonyl (C=O) groups excluding carboxylic acids is 10. The first-order valence-electron chi connectivity index (χ1n) is 24.0. The van der Waals surface area contributed by atoms with E-state index in [4.69, 9.17) is 17.2 Å². The van der Waals surface area contributed by atoms with Crippen molar-refractivity contribution in [2.24, 2.45) is 23.1 Å². The lowest BCUT2D eigenvalue weighted by Gasteiger charge is -2.31. The van der Waals surface area contributed by atoms with Crippen LogP contribution in [0.15, 0.2) is 24.3 Å². The van der Waals surface area contributed by atoms with E-state index in [1.54, 1.807) is 13.8 Å². The Hall–Kier alpha value is -7.99. The zero-order chi connectivity index (χ0) is 57.6. The Morgan fingerprint density at radius 3 is 1.62 bits per heavy atom. The van der Waals surface area contributed by atoms with Gasteiger partial charge in [0, 0.05) is 32.2 Å². The van der Waals surface area contributed by atoms with Gasteiger partial charge in [0.05, 0.1) is 25.2 Å². The van der Waals surface area contributed by atoms with Crippen LogP contribution in [-0.2, 0) is 68.7 Å². The SMILES string of the molecule is CC(C)C[C@H](NC(=O)[C@@H]1CCCN1C(=O)[C@H](CC(=O)O)NC(=O)[C@H](CCC(=O)O)NC(=O)[C@H](Cc1ccc(O)cc1)NC(=O)[C@H](CO)NC(=O)[C@H](CCC(N)=O)NC(=O)[C@@H](N)CCC(N)=O)C(=O)N[C@H](C(=O)O)[C@@H](C)O. The molecule has 10 atom stereocenters. The van der Waals surface area contributed by atoms with Gasteiger partial charge in [-0.05, 0) is 69.1 Å². The second kappa shape index (κ2) is 31.0. The van der Waals surface area contributed by atoms with Gasteiger partial charge in [-0.1, -0.05) is 26.0 Å². The summed E-state index contributed by atoms with van der Waals surface area (Å²) in [7, 11) is 0. The molecule has 19 N–H and O–H groups in total. The molecular weight excluding hydrogens is 1010 g/mol. The van der Waals surface area contributed by atoms with E-state index in [-0.39, 0.29) is 55.9 Å². The van der Waals surface area contributed by atoms with Crippen molar-refractivity contribution in [1.82, 2.24) is 42.1 Å². The zero-order valence-corrected chi connectivity index (χ0v) is 42.0. The molecule has 0 spiro atoms. The monoisotopic (exact) mass is 1080 g/mol. The normalized spacial score (nSPS) is 16.6. The number of phenolic OH excluding ortho intramolecular Hbond substituents is 1. The number of aliphatic hydroxyl groups is 2. The Kier molecular flexibility index (Phi) is 26.2. The number of hydrogen-bond donors (Lipinski definition) is 16. The molecular formula is C46H69N11O19. The van der Waals surface area contributed by atoms with Crippen LogP contribution in [0.2, 0.25) is 0 Å². The number of amides is 10. The van der Waals surface area contributed by atoms with Gasteiger partial charge in [-0.25, -0.2) is 4.79 Å². The number of likely N-dealkylation sites (tertiary alicyclic amines) is 1. The standard InChI is InChI=1S/C46H69N11O19/c1-21(2)17-28(42(71)56-37(22(3)59)46(75)76)53-44(73)32-5-4-16-57(32)45(74)30(19-36(65)66)54-39(68)27(12-15-35(63)64)51-41(70)29(18-23-6-8-24(60)9-7-23)52-43(72)31(20-58)55-40(69)26(11-14-34(49)62)50-38(67)25(47)10-13-33(48)61/h6-9,21-22,25-32,37,58-60H,4-5,10-20,47H2,1-3H3,(H2,48,61)(H2,49,62)(H,50,67)(H,51,70)(H,52,72)(H,53,73)(H,54,68)(H,55,69)(H,56,71)(H,63,64)(H,65,66)(H,75,76)/t22-,25+,26+,27+,28+,29+,30+,31+,32+,37+/m1/s1. The molecule has 1 aliphatic rings. The van der Waals surface area contributed by atoms with Crippen molar-refractivity contribution in [3.63, 3.8) is 0 Å². The molecule has 0 unspecified atom stereocenters. The lowest BCUT2D eigenvalue weighted by molar-refractivity contribution is -0.146. The first kappa shape index (κ1) is 64.1. The molecule has 30 heteroatoms. The molecule has 1 aromatic carbocycles. The number of carboxylic acids is 3. The quantitative estimate of drug-likeness (QED) is 0.0312. The van der Waals surface area contributed by atoms with Crippen LogP contribution in [0, 0.1) is 5.92 Å². The molecule has 0 radical (unpaired) electrons. The van der Waals surface area contributed by atoms with E-state index in [9.17, 15) is 93.0 Å². The van der Waals surface area contributed by atoms with Gasteiger partial charge in [0.15, 0.2) is 6.04 Å². The number of nitrogens with zero attached hydrogens (tertiary/aromatic N) is 1. The zero-order valence-electron chi connectivity index (χ0n) is 42.0. The maximum absolute atomic E-state index is 14.2. The molecule has 1 saturated heterocycles. The summed E-state index contributed by atoms with van der Waals surface area (Å²) in [6.45, 7) is 3.22. The van der Waals surface area contributed by atoms with E-state index in [2.05, 4.69) is 37.2 Å². The van der Waals surface area contributed by atoms with Crippen LogP contribution in [0.4, 0.5) is 0 Å². The molecule has 0 saturated carbocycles. The van der Waals surface area contributed by atoms with Gasteiger partial charge in [-0.3, -0.25) is 57.5 Å². The van der Waals surface area contributed by atoms with Crippen LogP contribution in [0.5, 0.6) is 5.75 Å². The number of benzene rings is 1. The number of carboxylic acid groups (broad SMARTS) is 3. The highest BCUT2D eigenvalue weighted by molar-refractivity contribution is 5.99. The van der Waals surface area contributed by atoms with E-state index in [0.29, 0.717) is 0 Å². The second-order valence-corrected chi connectivity index (χ2v) is 18.5. The van der Waals surface area contributed by atoms with Gasteiger partial charge < -0.3 is 90.0 Å². The van der Waals surface area contributed by atoms with Crippen LogP contribution in [0.25, 0.3) is 0 Å². The van der Waals surface area contributed by atoms with Crippen LogP contribution < -0.4 is 54.4 Å². The summed E-state index contributed by atoms with van der Waals surface area (Å²) >= 11 is 0. The van der Waals surface area contributed by atoms with E-state index < -0.39 is 183 Å². The van der Waals surface area contributed by atoms with Crippen LogP contribution in [0.3, 0.4) is 0 Å². The number of primary amides is 2. The van der Waals surface area contributed by atoms with E-state index in [1.807, 2.05) is 0 Å². The summed E-state index contributed by atoms with van der Waals surface area (Å²) in [5, 5.41) is 74.8. The number of aromatic hydroxyl groups is 1. The van der Waals surface area contributed by atoms with Crippen molar-refractivity contribution in [2.45, 2.75) is 152 Å². The van der Waals surface area contributed by atoms with Gasteiger partial charge in [-0.15, -0.1) is 0 Å². The fourth-order valence-electron chi connectivity index (χ4n) is 7.65. The second-order valence-electron chi connectivity index (χ2n) is 18.5. The summed E-state index contributed by atoms with van der Waals surface area (Å²) in [6, 6.07) is -9.84. The molecule has 30 nitrogen and oxygen atoms in total. The summed E-state index contributed by atoms with van der Waals surface area (Å²) in [5.41, 5.74) is 16.4. The molecule has 1 heterocycles. The first-order chi connectivity index (χ1) is 35.5. The minimum atomic E-state index is -1.97. The third-order valence-electron chi connectivity index (χ3n) is 11.7. The molecule has 2 rings (SSSR count). The average Bonchev–Trinajstić information content (AvgIpc) is 3.83. The number of aliphatic hydroxyl groups excluding tert-OH is 2. The van der Waals surface area contributed by atoms with Gasteiger partial charge >= 0.3 is 17.9 Å². The lowest BCUT2D eigenvalue weighted by Crippen LogP contribution is -2.61. The topological polar surface area (TPSA) is 509 Å². The fraction of sp³-hybridized carbons (Fsp3) is 0.587. The van der Waals surface area contributed by atoms with Crippen molar-refractivity contribution in [3.05, 3.63) is 29.8 Å². The van der Waals surface area contributed by atoms with Gasteiger partial charge in [-0.2, -0.15) is 0 Å². The maximum Gasteiger partial charge on any atom is 0.328 e. The van der Waals surface area contributed by atoms with Gasteiger partial charge in [0.1, 0.15) is 48.0 Å². The molecule has 1 aliphatic heterocycles. The summed E-state index contributed by atoms with van der Waals surface area (Å²) < 4.78 is 0. The summed E-state index contributed by atoms with van der Waals surface area (Å²) in [4.78, 5) is 169. The lowest BCUT2D eigenvalue weighted by atomic mass is 10.0. The highest BCUT2D eigenvalue weighted by Gasteiger charge is 2.41. The number of phenols is 1. The highest BCUT2D eigenvalue weighted by atomic mass is 16.4. The number of nitrogens with one attached hydrogen (secondary N) is 7.